The SMILES string of the molecule is CN(C)c1n(C)cc[n+]1C.COS(=O)(=O)O.O=S=O. The van der Waals surface area contributed by atoms with Crippen molar-refractivity contribution in [3.63, 3.8) is 0 Å². The molecule has 0 aliphatic rings. The summed E-state index contributed by atoms with van der Waals surface area (Å²) in [6, 6.07) is 0. The number of nitrogens with zero attached hydrogens (tertiary/aromatic N) is 3. The Balaban J connectivity index is 0. The molecular weight excluding hydrogens is 298 g/mol. The first-order chi connectivity index (χ1) is 8.60. The molecule has 0 fully saturated rings. The highest BCUT2D eigenvalue weighted by atomic mass is 32.3. The summed E-state index contributed by atoms with van der Waals surface area (Å²) in [4.78, 5) is 2.08. The molecule has 1 aromatic rings. The molecule has 0 radical (unpaired) electrons. The average molecular weight is 316 g/mol. The molecule has 11 heteroatoms. The molecule has 0 unspecified atom stereocenters. The van der Waals surface area contributed by atoms with Crippen LogP contribution in [0.4, 0.5) is 5.95 Å². The molecule has 0 aromatic carbocycles. The minimum Gasteiger partial charge on any atom is -0.270 e. The molecule has 0 saturated heterocycles. The molecule has 0 aliphatic carbocycles. The van der Waals surface area contributed by atoms with E-state index in [9.17, 15) is 8.42 Å². The summed E-state index contributed by atoms with van der Waals surface area (Å²) in [5.41, 5.74) is 0. The molecule has 9 nitrogen and oxygen atoms in total. The molecule has 1 N–H and O–H groups in total. The molecule has 1 heterocycles. The standard InChI is InChI=1S/C7H14N3.CH4O4S.O2S/c1-8(2)7-9(3)5-6-10(7)4;1-5-6(2,3)4;1-3-2/h5-6H,1-4H3;1H3,(H,2,3,4);/q+1;;. The van der Waals surface area contributed by atoms with Gasteiger partial charge in [-0.25, -0.2) is 9.13 Å². The maximum Gasteiger partial charge on any atom is 0.397 e. The lowest BCUT2D eigenvalue weighted by Crippen LogP contribution is -2.34. The van der Waals surface area contributed by atoms with E-state index in [0.29, 0.717) is 0 Å². The van der Waals surface area contributed by atoms with Gasteiger partial charge in [-0.15, -0.1) is 0 Å². The lowest BCUT2D eigenvalue weighted by molar-refractivity contribution is -0.657. The van der Waals surface area contributed by atoms with Gasteiger partial charge in [0.15, 0.2) is 0 Å². The maximum atomic E-state index is 9.33. The van der Waals surface area contributed by atoms with Crippen LogP contribution in [0.3, 0.4) is 0 Å². The summed E-state index contributed by atoms with van der Waals surface area (Å²) in [6.45, 7) is 0. The van der Waals surface area contributed by atoms with Crippen LogP contribution in [0.5, 0.6) is 0 Å². The van der Waals surface area contributed by atoms with E-state index < -0.39 is 22.0 Å². The molecule has 0 atom stereocenters. The van der Waals surface area contributed by atoms with Crippen molar-refractivity contribution in [2.24, 2.45) is 14.1 Å². The van der Waals surface area contributed by atoms with Crippen LogP contribution in [0.1, 0.15) is 0 Å². The van der Waals surface area contributed by atoms with E-state index in [1.807, 2.05) is 40.6 Å². The fourth-order valence-corrected chi connectivity index (χ4v) is 1.21. The Morgan fingerprint density at radius 3 is 1.89 bits per heavy atom. The molecule has 0 aliphatic heterocycles. The molecule has 0 saturated carbocycles. The summed E-state index contributed by atoms with van der Waals surface area (Å²) < 4.78 is 50.5. The molecule has 1 rings (SSSR count). The highest BCUT2D eigenvalue weighted by molar-refractivity contribution is 7.80. The predicted molar refractivity (Wildman–Crippen MR) is 68.4 cm³/mol. The monoisotopic (exact) mass is 316 g/mol. The van der Waals surface area contributed by atoms with Crippen molar-refractivity contribution < 1.29 is 30.1 Å². The van der Waals surface area contributed by atoms with Crippen LogP contribution in [0.25, 0.3) is 0 Å². The smallest absolute Gasteiger partial charge is 0.270 e. The number of hydrogen-bond donors (Lipinski definition) is 1. The topological polar surface area (TPSA) is 110 Å². The predicted octanol–water partition coefficient (Wildman–Crippen LogP) is -1.32. The van der Waals surface area contributed by atoms with Crippen LogP contribution in [0, 0.1) is 0 Å². The Morgan fingerprint density at radius 2 is 1.79 bits per heavy atom. The third-order valence-corrected chi connectivity index (χ3v) is 2.18. The van der Waals surface area contributed by atoms with Crippen LogP contribution in [-0.2, 0) is 40.2 Å². The van der Waals surface area contributed by atoms with Crippen molar-refractivity contribution in [1.82, 2.24) is 4.57 Å². The van der Waals surface area contributed by atoms with Crippen LogP contribution >= 0.6 is 0 Å². The fraction of sp³-hybridized carbons (Fsp3) is 0.625. The number of aromatic nitrogens is 2. The van der Waals surface area contributed by atoms with E-state index in [4.69, 9.17) is 13.0 Å². The van der Waals surface area contributed by atoms with Crippen molar-refractivity contribution >= 4 is 27.9 Å². The third kappa shape index (κ3) is 10.3. The minimum absolute atomic E-state index is 0.750. The third-order valence-electron chi connectivity index (χ3n) is 1.76. The fourth-order valence-electron chi connectivity index (χ4n) is 1.21. The molecule has 112 valence electrons. The van der Waals surface area contributed by atoms with Gasteiger partial charge in [-0.1, -0.05) is 0 Å². The number of anilines is 1. The van der Waals surface area contributed by atoms with E-state index in [1.165, 1.54) is 5.95 Å². The largest absolute Gasteiger partial charge is 0.397 e. The summed E-state index contributed by atoms with van der Waals surface area (Å²) >= 11 is -0.750. The Labute approximate surface area is 116 Å². The number of hydrogen-bond acceptors (Lipinski definition) is 6. The van der Waals surface area contributed by atoms with E-state index in [-0.39, 0.29) is 0 Å². The maximum absolute atomic E-state index is 9.33. The van der Waals surface area contributed by atoms with Gasteiger partial charge in [-0.05, 0) is 0 Å². The van der Waals surface area contributed by atoms with Gasteiger partial charge in [0.2, 0.25) is 0 Å². The molecule has 0 bridgehead atoms. The second kappa shape index (κ2) is 9.61. The quantitative estimate of drug-likeness (QED) is 0.532. The van der Waals surface area contributed by atoms with Gasteiger partial charge in [-0.3, -0.25) is 13.6 Å². The van der Waals surface area contributed by atoms with Crippen LogP contribution in [0.15, 0.2) is 12.4 Å². The highest BCUT2D eigenvalue weighted by Gasteiger charge is 2.11. The zero-order valence-electron chi connectivity index (χ0n) is 11.3. The Kier molecular flexibility index (Phi) is 10.1. The Morgan fingerprint density at radius 1 is 1.42 bits per heavy atom. The zero-order valence-corrected chi connectivity index (χ0v) is 12.9. The van der Waals surface area contributed by atoms with Crippen LogP contribution in [-0.4, -0.2) is 47.2 Å². The number of aryl methyl sites for hydroxylation is 2. The van der Waals surface area contributed by atoms with E-state index in [0.717, 1.165) is 7.11 Å². The lowest BCUT2D eigenvalue weighted by atomic mass is 10.8. The van der Waals surface area contributed by atoms with Crippen molar-refractivity contribution in [2.75, 3.05) is 26.1 Å². The molecule has 0 spiro atoms. The van der Waals surface area contributed by atoms with Gasteiger partial charge in [-0.2, -0.15) is 16.8 Å². The minimum atomic E-state index is -4.16. The van der Waals surface area contributed by atoms with Crippen molar-refractivity contribution in [1.29, 1.82) is 0 Å². The van der Waals surface area contributed by atoms with Gasteiger partial charge >= 0.3 is 27.9 Å². The van der Waals surface area contributed by atoms with E-state index in [1.54, 1.807) is 0 Å². The second-order valence-electron chi connectivity index (χ2n) is 3.38. The van der Waals surface area contributed by atoms with Crippen molar-refractivity contribution in [3.8, 4) is 0 Å². The van der Waals surface area contributed by atoms with Gasteiger partial charge in [0.25, 0.3) is 0 Å². The summed E-state index contributed by atoms with van der Waals surface area (Å²) in [5, 5.41) is 0. The Bertz CT molecular complexity index is 485. The normalized spacial score (nSPS) is 9.58. The summed E-state index contributed by atoms with van der Waals surface area (Å²) in [5.74, 6) is 1.19. The van der Waals surface area contributed by atoms with Crippen LogP contribution in [0.2, 0.25) is 0 Å². The van der Waals surface area contributed by atoms with Gasteiger partial charge in [0.1, 0.15) is 0 Å². The zero-order chi connectivity index (χ0) is 15.6. The molecule has 0 amide bonds. The Hall–Kier alpha value is -1.30. The average Bonchev–Trinajstić information content (AvgIpc) is 2.59. The van der Waals surface area contributed by atoms with Gasteiger partial charge < -0.3 is 0 Å². The van der Waals surface area contributed by atoms with Crippen molar-refractivity contribution in [2.45, 2.75) is 0 Å². The number of imidazole rings is 1. The first-order valence-electron chi connectivity index (χ1n) is 4.73. The van der Waals surface area contributed by atoms with Gasteiger partial charge in [0.05, 0.1) is 47.7 Å². The molecule has 1 aromatic heterocycles. The first kappa shape index (κ1) is 20.0. The molecular formula is C8H18N3O6S2+. The summed E-state index contributed by atoms with van der Waals surface area (Å²) in [6.07, 6.45) is 4.07. The molecule has 19 heavy (non-hydrogen) atoms. The van der Waals surface area contributed by atoms with Crippen LogP contribution < -0.4 is 9.47 Å². The summed E-state index contributed by atoms with van der Waals surface area (Å²) in [7, 11) is 4.86. The van der Waals surface area contributed by atoms with Crippen molar-refractivity contribution in [3.05, 3.63) is 12.4 Å². The lowest BCUT2D eigenvalue weighted by Gasteiger charge is -2.05. The number of rotatable bonds is 2. The van der Waals surface area contributed by atoms with E-state index in [2.05, 4.69) is 18.2 Å². The van der Waals surface area contributed by atoms with Gasteiger partial charge in [0, 0.05) is 0 Å². The van der Waals surface area contributed by atoms with E-state index >= 15 is 0 Å². The first-order valence-corrected chi connectivity index (χ1v) is 6.77. The highest BCUT2D eigenvalue weighted by Crippen LogP contribution is 2.00. The second-order valence-corrected chi connectivity index (χ2v) is 4.70.